The number of carboxylic acid groups (broad SMARTS) is 1. The number of aromatic nitrogens is 1. The van der Waals surface area contributed by atoms with E-state index in [0.717, 1.165) is 46.7 Å². The van der Waals surface area contributed by atoms with Gasteiger partial charge in [0.1, 0.15) is 29.7 Å². The predicted octanol–water partition coefficient (Wildman–Crippen LogP) is 5.87. The first kappa shape index (κ1) is 23.3. The van der Waals surface area contributed by atoms with E-state index in [-0.39, 0.29) is 19.4 Å². The number of hydrogen-bond acceptors (Lipinski definition) is 5. The van der Waals surface area contributed by atoms with E-state index < -0.39 is 11.8 Å². The third kappa shape index (κ3) is 6.09. The molecule has 0 spiro atoms. The lowest BCUT2D eigenvalue weighted by molar-refractivity contribution is -0.136. The number of nitrogens with zero attached hydrogens (tertiary/aromatic N) is 1. The SMILES string of the molecule is CCCCOc1cc(COc2ccc(CCC(=O)O)c(F)c2)cc(-c2c(C)noc2C)c1. The second-order valence-electron chi connectivity index (χ2n) is 7.70. The van der Waals surface area contributed by atoms with E-state index in [9.17, 15) is 9.18 Å². The zero-order chi connectivity index (χ0) is 23.1. The van der Waals surface area contributed by atoms with Gasteiger partial charge in [-0.15, -0.1) is 0 Å². The molecule has 0 amide bonds. The van der Waals surface area contributed by atoms with Crippen LogP contribution in [0.1, 0.15) is 48.8 Å². The molecule has 1 N–H and O–H groups in total. The Labute approximate surface area is 187 Å². The molecule has 6 nitrogen and oxygen atoms in total. The highest BCUT2D eigenvalue weighted by atomic mass is 19.1. The molecule has 0 aliphatic heterocycles. The fraction of sp³-hybridized carbons (Fsp3) is 0.360. The Balaban J connectivity index is 1.79. The summed E-state index contributed by atoms with van der Waals surface area (Å²) < 4.78 is 31.3. The number of aryl methyl sites for hydroxylation is 3. The molecule has 0 fully saturated rings. The molecule has 3 rings (SSSR count). The molecule has 0 unspecified atom stereocenters. The second kappa shape index (κ2) is 10.8. The van der Waals surface area contributed by atoms with Crippen LogP contribution in [-0.2, 0) is 17.8 Å². The van der Waals surface area contributed by atoms with E-state index in [1.165, 1.54) is 6.07 Å². The third-order valence-corrected chi connectivity index (χ3v) is 5.09. The maximum atomic E-state index is 14.3. The minimum absolute atomic E-state index is 0.119. The van der Waals surface area contributed by atoms with Crippen molar-refractivity contribution in [1.29, 1.82) is 0 Å². The summed E-state index contributed by atoms with van der Waals surface area (Å²) in [6.45, 7) is 6.70. The number of unbranched alkanes of at least 4 members (excludes halogenated alkanes) is 1. The van der Waals surface area contributed by atoms with Gasteiger partial charge < -0.3 is 19.1 Å². The summed E-state index contributed by atoms with van der Waals surface area (Å²) in [7, 11) is 0. The Morgan fingerprint density at radius 3 is 2.59 bits per heavy atom. The Morgan fingerprint density at radius 2 is 1.94 bits per heavy atom. The van der Waals surface area contributed by atoms with Crippen molar-refractivity contribution in [2.24, 2.45) is 0 Å². The van der Waals surface area contributed by atoms with Crippen molar-refractivity contribution in [2.75, 3.05) is 6.61 Å². The first-order chi connectivity index (χ1) is 15.4. The summed E-state index contributed by atoms with van der Waals surface area (Å²) in [5.41, 5.74) is 3.85. The minimum Gasteiger partial charge on any atom is -0.494 e. The van der Waals surface area contributed by atoms with Gasteiger partial charge in [0.25, 0.3) is 0 Å². The summed E-state index contributed by atoms with van der Waals surface area (Å²) in [6, 6.07) is 10.4. The van der Waals surface area contributed by atoms with Crippen molar-refractivity contribution in [1.82, 2.24) is 5.16 Å². The lowest BCUT2D eigenvalue weighted by Gasteiger charge is -2.13. The van der Waals surface area contributed by atoms with Gasteiger partial charge in [0, 0.05) is 18.1 Å². The number of benzene rings is 2. The predicted molar refractivity (Wildman–Crippen MR) is 119 cm³/mol. The molecule has 1 heterocycles. The molecular weight excluding hydrogens is 413 g/mol. The van der Waals surface area contributed by atoms with Crippen LogP contribution in [0.3, 0.4) is 0 Å². The number of carbonyl (C=O) groups is 1. The molecule has 32 heavy (non-hydrogen) atoms. The largest absolute Gasteiger partial charge is 0.494 e. The van der Waals surface area contributed by atoms with Crippen LogP contribution in [-0.4, -0.2) is 22.8 Å². The van der Waals surface area contributed by atoms with E-state index in [1.54, 1.807) is 12.1 Å². The average molecular weight is 441 g/mol. The molecule has 1 aromatic heterocycles. The Hall–Kier alpha value is -3.35. The maximum Gasteiger partial charge on any atom is 0.303 e. The molecule has 0 saturated carbocycles. The van der Waals surface area contributed by atoms with Crippen LogP contribution in [0.25, 0.3) is 11.1 Å². The molecule has 7 heteroatoms. The number of rotatable bonds is 11. The highest BCUT2D eigenvalue weighted by Gasteiger charge is 2.14. The summed E-state index contributed by atoms with van der Waals surface area (Å²) in [5.74, 6) is 0.387. The van der Waals surface area contributed by atoms with Crippen molar-refractivity contribution < 1.29 is 28.3 Å². The van der Waals surface area contributed by atoms with E-state index in [4.69, 9.17) is 19.1 Å². The Kier molecular flexibility index (Phi) is 7.87. The average Bonchev–Trinajstić information content (AvgIpc) is 3.09. The van der Waals surface area contributed by atoms with Gasteiger partial charge in [0.05, 0.1) is 12.3 Å². The van der Waals surface area contributed by atoms with E-state index in [2.05, 4.69) is 12.1 Å². The van der Waals surface area contributed by atoms with Gasteiger partial charge in [-0.1, -0.05) is 24.6 Å². The molecule has 0 bridgehead atoms. The molecule has 2 aromatic carbocycles. The number of aliphatic carboxylic acids is 1. The van der Waals surface area contributed by atoms with Crippen molar-refractivity contribution in [3.63, 3.8) is 0 Å². The first-order valence-electron chi connectivity index (χ1n) is 10.7. The molecule has 0 atom stereocenters. The normalized spacial score (nSPS) is 10.9. The molecule has 0 radical (unpaired) electrons. The van der Waals surface area contributed by atoms with Crippen LogP contribution < -0.4 is 9.47 Å². The Morgan fingerprint density at radius 1 is 1.12 bits per heavy atom. The smallest absolute Gasteiger partial charge is 0.303 e. The molecule has 170 valence electrons. The van der Waals surface area contributed by atoms with Crippen molar-refractivity contribution in [2.45, 2.75) is 53.1 Å². The zero-order valence-electron chi connectivity index (χ0n) is 18.6. The van der Waals surface area contributed by atoms with Gasteiger partial charge in [-0.2, -0.15) is 0 Å². The van der Waals surface area contributed by atoms with Gasteiger partial charge >= 0.3 is 5.97 Å². The van der Waals surface area contributed by atoms with Crippen LogP contribution in [0.15, 0.2) is 40.9 Å². The lowest BCUT2D eigenvalue weighted by Crippen LogP contribution is -2.02. The van der Waals surface area contributed by atoms with E-state index in [1.807, 2.05) is 32.0 Å². The lowest BCUT2D eigenvalue weighted by atomic mass is 10.0. The van der Waals surface area contributed by atoms with Crippen LogP contribution in [0.4, 0.5) is 4.39 Å². The number of hydrogen-bond donors (Lipinski definition) is 1. The molecule has 3 aromatic rings. The number of halogens is 1. The summed E-state index contributed by atoms with van der Waals surface area (Å²) in [4.78, 5) is 10.7. The molecule has 0 saturated heterocycles. The fourth-order valence-corrected chi connectivity index (χ4v) is 3.43. The van der Waals surface area contributed by atoms with E-state index >= 15 is 0 Å². The fourth-order valence-electron chi connectivity index (χ4n) is 3.43. The monoisotopic (exact) mass is 441 g/mol. The topological polar surface area (TPSA) is 81.8 Å². The zero-order valence-corrected chi connectivity index (χ0v) is 18.6. The van der Waals surface area contributed by atoms with Crippen molar-refractivity contribution in [3.05, 3.63) is 64.8 Å². The highest BCUT2D eigenvalue weighted by Crippen LogP contribution is 2.32. The second-order valence-corrected chi connectivity index (χ2v) is 7.70. The van der Waals surface area contributed by atoms with Gasteiger partial charge in [0.15, 0.2) is 0 Å². The minimum atomic E-state index is -0.958. The van der Waals surface area contributed by atoms with Crippen molar-refractivity contribution >= 4 is 5.97 Å². The van der Waals surface area contributed by atoms with Gasteiger partial charge in [0.2, 0.25) is 0 Å². The van der Waals surface area contributed by atoms with E-state index in [0.29, 0.717) is 17.9 Å². The van der Waals surface area contributed by atoms with Crippen LogP contribution in [0.5, 0.6) is 11.5 Å². The maximum absolute atomic E-state index is 14.3. The molecule has 0 aliphatic rings. The van der Waals surface area contributed by atoms with Crippen molar-refractivity contribution in [3.8, 4) is 22.6 Å². The standard InChI is InChI=1S/C25H28FNO5/c1-4-5-10-30-22-12-18(11-20(13-22)25-16(2)27-32-17(25)3)15-31-21-8-6-19(23(26)14-21)7-9-24(28)29/h6,8,11-14H,4-5,7,9-10,15H2,1-3H3,(H,28,29). The number of carboxylic acids is 1. The van der Waals surface area contributed by atoms with Crippen LogP contribution >= 0.6 is 0 Å². The van der Waals surface area contributed by atoms with Gasteiger partial charge in [-0.3, -0.25) is 4.79 Å². The van der Waals surface area contributed by atoms with Crippen LogP contribution in [0.2, 0.25) is 0 Å². The highest BCUT2D eigenvalue weighted by molar-refractivity contribution is 5.70. The number of ether oxygens (including phenoxy) is 2. The third-order valence-electron chi connectivity index (χ3n) is 5.09. The van der Waals surface area contributed by atoms with Crippen LogP contribution in [0, 0.1) is 19.7 Å². The van der Waals surface area contributed by atoms with Gasteiger partial charge in [-0.05, 0) is 67.6 Å². The molecule has 0 aliphatic carbocycles. The summed E-state index contributed by atoms with van der Waals surface area (Å²) >= 11 is 0. The summed E-state index contributed by atoms with van der Waals surface area (Å²) in [5, 5.41) is 12.8. The Bertz CT molecular complexity index is 1060. The van der Waals surface area contributed by atoms with Gasteiger partial charge in [-0.25, -0.2) is 4.39 Å². The quantitative estimate of drug-likeness (QED) is 0.375. The first-order valence-corrected chi connectivity index (χ1v) is 10.7. The molecular formula is C25H28FNO5. The summed E-state index contributed by atoms with van der Waals surface area (Å²) in [6.07, 6.45) is 2.01.